The number of halogens is 1. The second-order valence-electron chi connectivity index (χ2n) is 10.9. The maximum atomic E-state index is 13.2. The van der Waals surface area contributed by atoms with Gasteiger partial charge in [-0.25, -0.2) is 4.98 Å². The number of nitrogens with one attached hydrogen (secondary N) is 2. The second-order valence-corrected chi connectivity index (χ2v) is 11.3. The highest BCUT2D eigenvalue weighted by Gasteiger charge is 2.27. The molecular formula is C30H38ClN5O. The van der Waals surface area contributed by atoms with Crippen LogP contribution < -0.4 is 10.2 Å². The Morgan fingerprint density at radius 1 is 1.05 bits per heavy atom. The lowest BCUT2D eigenvalue weighted by Crippen LogP contribution is -2.55. The topological polar surface area (TPSA) is 64.3 Å². The van der Waals surface area contributed by atoms with E-state index in [9.17, 15) is 4.79 Å². The summed E-state index contributed by atoms with van der Waals surface area (Å²) >= 11 is 6.54. The summed E-state index contributed by atoms with van der Waals surface area (Å²) in [7, 11) is 2.19. The Labute approximate surface area is 225 Å². The number of H-pyrrole nitrogens is 1. The number of benzene rings is 2. The average molecular weight is 520 g/mol. The molecule has 0 spiro atoms. The molecule has 6 nitrogen and oxygen atoms in total. The Morgan fingerprint density at radius 3 is 2.49 bits per heavy atom. The van der Waals surface area contributed by atoms with Crippen LogP contribution in [0.2, 0.25) is 5.02 Å². The molecule has 196 valence electrons. The van der Waals surface area contributed by atoms with E-state index in [0.29, 0.717) is 34.3 Å². The number of anilines is 2. The minimum absolute atomic E-state index is 0.125. The molecule has 2 fully saturated rings. The number of hydrogen-bond donors (Lipinski definition) is 2. The molecule has 1 saturated carbocycles. The van der Waals surface area contributed by atoms with Gasteiger partial charge < -0.3 is 15.2 Å². The predicted octanol–water partition coefficient (Wildman–Crippen LogP) is 6.87. The monoisotopic (exact) mass is 519 g/mol. The van der Waals surface area contributed by atoms with Crippen LogP contribution in [0.15, 0.2) is 42.6 Å². The van der Waals surface area contributed by atoms with E-state index in [1.165, 1.54) is 43.5 Å². The summed E-state index contributed by atoms with van der Waals surface area (Å²) < 4.78 is 0. The molecule has 2 heterocycles. The van der Waals surface area contributed by atoms with Crippen molar-refractivity contribution in [2.45, 2.75) is 70.9 Å². The van der Waals surface area contributed by atoms with Gasteiger partial charge in [-0.05, 0) is 82.6 Å². The van der Waals surface area contributed by atoms with Crippen molar-refractivity contribution in [2.75, 3.05) is 30.4 Å². The third-order valence-corrected chi connectivity index (χ3v) is 8.63. The molecule has 2 aliphatic rings. The second kappa shape index (κ2) is 10.9. The number of aromatic amines is 1. The summed E-state index contributed by atoms with van der Waals surface area (Å²) in [5.74, 6) is 1.16. The van der Waals surface area contributed by atoms with Crippen LogP contribution in [0.3, 0.4) is 0 Å². The first-order valence-corrected chi connectivity index (χ1v) is 13.9. The van der Waals surface area contributed by atoms with Gasteiger partial charge in [0.2, 0.25) is 0 Å². The standard InChI is InChI=1S/C30H38ClN5O/c1-19-14-24(36-17-20(2)35(4)21(3)18-36)11-12-25(19)30(37)33-23-10-13-27(31)26(15-23)29-32-16-28(34-29)22-8-6-5-7-9-22/h10-16,20-22H,5-9,17-18H2,1-4H3,(H,32,34)(H,33,37)/t20-,21+. The summed E-state index contributed by atoms with van der Waals surface area (Å²) in [6.07, 6.45) is 8.22. The lowest BCUT2D eigenvalue weighted by molar-refractivity contribution is 0.102. The minimum Gasteiger partial charge on any atom is -0.368 e. The Hall–Kier alpha value is -2.83. The van der Waals surface area contributed by atoms with Crippen molar-refractivity contribution in [1.29, 1.82) is 0 Å². The van der Waals surface area contributed by atoms with E-state index < -0.39 is 0 Å². The number of nitrogens with zero attached hydrogens (tertiary/aromatic N) is 3. The van der Waals surface area contributed by atoms with Crippen LogP contribution in [-0.2, 0) is 0 Å². The molecule has 0 bridgehead atoms. The highest BCUT2D eigenvalue weighted by Crippen LogP contribution is 2.34. The zero-order valence-electron chi connectivity index (χ0n) is 22.4. The van der Waals surface area contributed by atoms with Gasteiger partial charge in [0.1, 0.15) is 5.82 Å². The first kappa shape index (κ1) is 25.8. The normalized spacial score (nSPS) is 21.3. The van der Waals surface area contributed by atoms with Gasteiger partial charge in [-0.15, -0.1) is 0 Å². The van der Waals surface area contributed by atoms with E-state index in [1.807, 2.05) is 37.4 Å². The Bertz CT molecular complexity index is 1250. The molecule has 1 aromatic heterocycles. The van der Waals surface area contributed by atoms with Crippen molar-refractivity contribution < 1.29 is 4.79 Å². The molecule has 1 aliphatic heterocycles. The fourth-order valence-corrected chi connectivity index (χ4v) is 6.00. The Balaban J connectivity index is 1.31. The van der Waals surface area contributed by atoms with Crippen LogP contribution in [0.5, 0.6) is 0 Å². The number of carbonyl (C=O) groups is 1. The molecule has 2 N–H and O–H groups in total. The van der Waals surface area contributed by atoms with Crippen molar-refractivity contribution in [3.8, 4) is 11.4 Å². The summed E-state index contributed by atoms with van der Waals surface area (Å²) in [4.78, 5) is 26.2. The van der Waals surface area contributed by atoms with Gasteiger partial charge in [0, 0.05) is 65.5 Å². The van der Waals surface area contributed by atoms with E-state index in [1.54, 1.807) is 0 Å². The van der Waals surface area contributed by atoms with Crippen LogP contribution in [0, 0.1) is 6.92 Å². The van der Waals surface area contributed by atoms with Crippen LogP contribution in [-0.4, -0.2) is 53.0 Å². The Kier molecular flexibility index (Phi) is 7.59. The average Bonchev–Trinajstić information content (AvgIpc) is 3.38. The van der Waals surface area contributed by atoms with Gasteiger partial charge in [0.15, 0.2) is 0 Å². The predicted molar refractivity (Wildman–Crippen MR) is 153 cm³/mol. The first-order valence-electron chi connectivity index (χ1n) is 13.5. The van der Waals surface area contributed by atoms with Gasteiger partial charge in [-0.1, -0.05) is 30.9 Å². The molecule has 2 atom stereocenters. The van der Waals surface area contributed by atoms with Crippen molar-refractivity contribution in [3.63, 3.8) is 0 Å². The molecule has 0 unspecified atom stereocenters. The summed E-state index contributed by atoms with van der Waals surface area (Å²) in [6, 6.07) is 12.7. The van der Waals surface area contributed by atoms with Crippen LogP contribution in [0.25, 0.3) is 11.4 Å². The minimum atomic E-state index is -0.125. The van der Waals surface area contributed by atoms with E-state index >= 15 is 0 Å². The lowest BCUT2D eigenvalue weighted by Gasteiger charge is -2.43. The zero-order chi connectivity index (χ0) is 26.1. The fraction of sp³-hybridized carbons (Fsp3) is 0.467. The number of imidazole rings is 1. The number of aryl methyl sites for hydroxylation is 1. The highest BCUT2D eigenvalue weighted by atomic mass is 35.5. The highest BCUT2D eigenvalue weighted by molar-refractivity contribution is 6.33. The number of amides is 1. The summed E-state index contributed by atoms with van der Waals surface area (Å²) in [6.45, 7) is 8.49. The number of hydrogen-bond acceptors (Lipinski definition) is 4. The Morgan fingerprint density at radius 2 is 1.78 bits per heavy atom. The molecule has 1 amide bonds. The van der Waals surface area contributed by atoms with Gasteiger partial charge in [0.05, 0.1) is 5.02 Å². The number of rotatable bonds is 5. The lowest BCUT2D eigenvalue weighted by atomic mass is 9.87. The van der Waals surface area contributed by atoms with Gasteiger partial charge in [0.25, 0.3) is 5.91 Å². The number of piperazine rings is 1. The van der Waals surface area contributed by atoms with Gasteiger partial charge >= 0.3 is 0 Å². The molecule has 7 heteroatoms. The van der Waals surface area contributed by atoms with E-state index in [0.717, 1.165) is 30.0 Å². The molecule has 2 aromatic carbocycles. The molecule has 1 aliphatic carbocycles. The fourth-order valence-electron chi connectivity index (χ4n) is 5.79. The molecule has 1 saturated heterocycles. The third-order valence-electron chi connectivity index (χ3n) is 8.30. The quantitative estimate of drug-likeness (QED) is 0.386. The van der Waals surface area contributed by atoms with E-state index in [2.05, 4.69) is 58.1 Å². The summed E-state index contributed by atoms with van der Waals surface area (Å²) in [5.41, 5.74) is 5.48. The molecular weight excluding hydrogens is 482 g/mol. The maximum absolute atomic E-state index is 13.2. The SMILES string of the molecule is Cc1cc(N2C[C@@H](C)N(C)[C@@H](C)C2)ccc1C(=O)Nc1ccc(Cl)c(-c2ncc(C3CCCCC3)[nH]2)c1. The first-order chi connectivity index (χ1) is 17.8. The van der Waals surface area contributed by atoms with Crippen molar-refractivity contribution in [1.82, 2.24) is 14.9 Å². The molecule has 37 heavy (non-hydrogen) atoms. The van der Waals surface area contributed by atoms with E-state index in [-0.39, 0.29) is 5.91 Å². The number of carbonyl (C=O) groups excluding carboxylic acids is 1. The van der Waals surface area contributed by atoms with Crippen molar-refractivity contribution >= 4 is 28.9 Å². The van der Waals surface area contributed by atoms with Crippen LogP contribution in [0.1, 0.15) is 73.5 Å². The summed E-state index contributed by atoms with van der Waals surface area (Å²) in [5, 5.41) is 3.68. The smallest absolute Gasteiger partial charge is 0.255 e. The third kappa shape index (κ3) is 5.55. The van der Waals surface area contributed by atoms with Crippen molar-refractivity contribution in [2.24, 2.45) is 0 Å². The van der Waals surface area contributed by atoms with Gasteiger partial charge in [-0.3, -0.25) is 9.69 Å². The number of likely N-dealkylation sites (N-methyl/N-ethyl adjacent to an activating group) is 1. The maximum Gasteiger partial charge on any atom is 0.255 e. The van der Waals surface area contributed by atoms with Gasteiger partial charge in [-0.2, -0.15) is 0 Å². The van der Waals surface area contributed by atoms with E-state index in [4.69, 9.17) is 11.6 Å². The largest absolute Gasteiger partial charge is 0.368 e. The molecule has 0 radical (unpaired) electrons. The van der Waals surface area contributed by atoms with Crippen molar-refractivity contribution in [3.05, 3.63) is 64.4 Å². The molecule has 3 aromatic rings. The van der Waals surface area contributed by atoms with Crippen LogP contribution >= 0.6 is 11.6 Å². The molecule has 5 rings (SSSR count). The zero-order valence-corrected chi connectivity index (χ0v) is 23.1. The number of aromatic nitrogens is 2. The van der Waals surface area contributed by atoms with Crippen LogP contribution in [0.4, 0.5) is 11.4 Å².